The van der Waals surface area contributed by atoms with Crippen LogP contribution in [0.1, 0.15) is 76.7 Å². The second kappa shape index (κ2) is 14.3. The minimum absolute atomic E-state index is 0.207. The van der Waals surface area contributed by atoms with Gasteiger partial charge in [-0.2, -0.15) is 0 Å². The molecule has 1 aromatic rings. The van der Waals surface area contributed by atoms with Crippen molar-refractivity contribution in [1.82, 2.24) is 0 Å². The third-order valence-corrected chi connectivity index (χ3v) is 3.77. The highest BCUT2D eigenvalue weighted by atomic mass is 16.3. The molecule has 140 valence electrons. The first-order chi connectivity index (χ1) is 11.3. The molecule has 0 saturated heterocycles. The molecule has 1 rings (SSSR count). The summed E-state index contributed by atoms with van der Waals surface area (Å²) in [5, 5.41) is 11.5. The number of rotatable bonds is 11. The lowest BCUT2D eigenvalue weighted by atomic mass is 10.0. The molecule has 0 atom stereocenters. The molecule has 0 heterocycles. The number of unbranched alkanes of at least 4 members (excludes halogenated alkanes) is 9. The average Bonchev–Trinajstić information content (AvgIpc) is 2.49. The van der Waals surface area contributed by atoms with E-state index in [9.17, 15) is 5.11 Å². The van der Waals surface area contributed by atoms with Crippen LogP contribution in [0.4, 0.5) is 0 Å². The molecular weight excluding hydrogens is 294 g/mol. The Bertz CT molecular complexity index is 389. The molecule has 0 amide bonds. The highest BCUT2D eigenvalue weighted by Gasteiger charge is 1.95. The SMILES string of the molecule is CCCCCCCCCCCCc1ccccc1[O-].C[N+](C)(C)C. The van der Waals surface area contributed by atoms with Gasteiger partial charge in [-0.1, -0.05) is 94.5 Å². The van der Waals surface area contributed by atoms with Gasteiger partial charge in [0.2, 0.25) is 0 Å². The first-order valence-electron chi connectivity index (χ1n) is 9.88. The van der Waals surface area contributed by atoms with E-state index >= 15 is 0 Å². The highest BCUT2D eigenvalue weighted by Crippen LogP contribution is 2.16. The van der Waals surface area contributed by atoms with Crippen LogP contribution in [0.5, 0.6) is 5.75 Å². The minimum atomic E-state index is 0.207. The smallest absolute Gasteiger partial charge is 0.0675 e. The van der Waals surface area contributed by atoms with Gasteiger partial charge in [0.05, 0.1) is 28.2 Å². The second-order valence-corrected chi connectivity index (χ2v) is 8.22. The van der Waals surface area contributed by atoms with Gasteiger partial charge in [0.25, 0.3) is 0 Å². The molecule has 0 saturated carbocycles. The Morgan fingerprint density at radius 3 is 1.58 bits per heavy atom. The summed E-state index contributed by atoms with van der Waals surface area (Å²) in [4.78, 5) is 0. The van der Waals surface area contributed by atoms with E-state index in [-0.39, 0.29) is 5.75 Å². The fourth-order valence-electron chi connectivity index (χ4n) is 2.51. The van der Waals surface area contributed by atoms with E-state index in [1.807, 2.05) is 18.2 Å². The number of para-hydroxylation sites is 1. The molecule has 0 fully saturated rings. The molecule has 0 aromatic heterocycles. The van der Waals surface area contributed by atoms with Crippen molar-refractivity contribution >= 4 is 0 Å². The largest absolute Gasteiger partial charge is 0.872 e. The van der Waals surface area contributed by atoms with E-state index in [1.54, 1.807) is 6.07 Å². The maximum Gasteiger partial charge on any atom is 0.0675 e. The van der Waals surface area contributed by atoms with Crippen LogP contribution >= 0.6 is 0 Å². The topological polar surface area (TPSA) is 23.1 Å². The molecular formula is C22H41NO. The maximum atomic E-state index is 11.5. The lowest BCUT2D eigenvalue weighted by Crippen LogP contribution is -2.27. The Labute approximate surface area is 151 Å². The molecule has 0 aliphatic rings. The van der Waals surface area contributed by atoms with Gasteiger partial charge >= 0.3 is 0 Å². The molecule has 0 aliphatic heterocycles. The maximum absolute atomic E-state index is 11.5. The summed E-state index contributed by atoms with van der Waals surface area (Å²) in [6, 6.07) is 7.43. The van der Waals surface area contributed by atoms with Gasteiger partial charge < -0.3 is 9.59 Å². The third kappa shape index (κ3) is 17.3. The van der Waals surface area contributed by atoms with Crippen molar-refractivity contribution in [2.24, 2.45) is 0 Å². The lowest BCUT2D eigenvalue weighted by Gasteiger charge is -2.14. The highest BCUT2D eigenvalue weighted by molar-refractivity contribution is 5.30. The zero-order chi connectivity index (χ0) is 18.3. The normalized spacial score (nSPS) is 11.0. The molecule has 24 heavy (non-hydrogen) atoms. The van der Waals surface area contributed by atoms with Crippen LogP contribution in [0.3, 0.4) is 0 Å². The van der Waals surface area contributed by atoms with E-state index in [1.165, 1.54) is 57.8 Å². The van der Waals surface area contributed by atoms with Crippen molar-refractivity contribution in [3.05, 3.63) is 29.8 Å². The quantitative estimate of drug-likeness (QED) is 0.384. The Kier molecular flexibility index (Phi) is 13.7. The van der Waals surface area contributed by atoms with E-state index < -0.39 is 0 Å². The van der Waals surface area contributed by atoms with Crippen molar-refractivity contribution in [3.8, 4) is 5.75 Å². The van der Waals surface area contributed by atoms with Crippen LogP contribution in [0, 0.1) is 0 Å². The van der Waals surface area contributed by atoms with Gasteiger partial charge in [-0.3, -0.25) is 0 Å². The van der Waals surface area contributed by atoms with E-state index in [0.717, 1.165) is 22.9 Å². The summed E-state index contributed by atoms with van der Waals surface area (Å²) in [6.07, 6.45) is 14.4. The Hall–Kier alpha value is -1.02. The standard InChI is InChI=1S/C18H30O.C4H12N/c1-2-3-4-5-6-7-8-9-10-11-14-17-15-12-13-16-18(17)19;1-5(2,3)4/h12-13,15-16,19H,2-11,14H2,1H3;1-4H3/q;+1/p-1. The van der Waals surface area contributed by atoms with Gasteiger partial charge in [0, 0.05) is 0 Å². The van der Waals surface area contributed by atoms with Crippen molar-refractivity contribution in [3.63, 3.8) is 0 Å². The summed E-state index contributed by atoms with van der Waals surface area (Å²) in [5.41, 5.74) is 0.988. The van der Waals surface area contributed by atoms with Crippen molar-refractivity contribution < 1.29 is 9.59 Å². The van der Waals surface area contributed by atoms with Gasteiger partial charge in [-0.25, -0.2) is 0 Å². The molecule has 2 heteroatoms. The summed E-state index contributed by atoms with van der Waals surface area (Å²) in [5.74, 6) is 0.207. The second-order valence-electron chi connectivity index (χ2n) is 8.22. The fourth-order valence-corrected chi connectivity index (χ4v) is 2.51. The van der Waals surface area contributed by atoms with E-state index in [0.29, 0.717) is 0 Å². The van der Waals surface area contributed by atoms with Gasteiger partial charge in [0.1, 0.15) is 0 Å². The Balaban J connectivity index is 0.000000922. The number of nitrogens with zero attached hydrogens (tertiary/aromatic N) is 1. The zero-order valence-electron chi connectivity index (χ0n) is 16.9. The third-order valence-electron chi connectivity index (χ3n) is 3.77. The zero-order valence-corrected chi connectivity index (χ0v) is 16.9. The lowest BCUT2D eigenvalue weighted by molar-refractivity contribution is -0.849. The van der Waals surface area contributed by atoms with Crippen LogP contribution in [-0.4, -0.2) is 32.7 Å². The van der Waals surface area contributed by atoms with E-state index in [2.05, 4.69) is 35.1 Å². The Morgan fingerprint density at radius 2 is 1.12 bits per heavy atom. The molecule has 0 spiro atoms. The summed E-state index contributed by atoms with van der Waals surface area (Å²) in [7, 11) is 8.50. The summed E-state index contributed by atoms with van der Waals surface area (Å²) in [6.45, 7) is 2.26. The van der Waals surface area contributed by atoms with Crippen LogP contribution < -0.4 is 5.11 Å². The van der Waals surface area contributed by atoms with E-state index in [4.69, 9.17) is 0 Å². The van der Waals surface area contributed by atoms with Crippen LogP contribution in [0.25, 0.3) is 0 Å². The number of quaternary nitrogens is 1. The molecule has 1 aromatic carbocycles. The Morgan fingerprint density at radius 1 is 0.708 bits per heavy atom. The number of aryl methyl sites for hydroxylation is 1. The monoisotopic (exact) mass is 335 g/mol. The van der Waals surface area contributed by atoms with Crippen LogP contribution in [-0.2, 0) is 6.42 Å². The molecule has 0 aliphatic carbocycles. The minimum Gasteiger partial charge on any atom is -0.872 e. The molecule has 0 unspecified atom stereocenters. The first-order valence-corrected chi connectivity index (χ1v) is 9.88. The van der Waals surface area contributed by atoms with Gasteiger partial charge in [-0.15, -0.1) is 5.75 Å². The number of benzene rings is 1. The van der Waals surface area contributed by atoms with Crippen molar-refractivity contribution in [2.45, 2.75) is 77.6 Å². The molecule has 0 bridgehead atoms. The van der Waals surface area contributed by atoms with Gasteiger partial charge in [0.15, 0.2) is 0 Å². The summed E-state index contributed by atoms with van der Waals surface area (Å²) >= 11 is 0. The molecule has 0 N–H and O–H groups in total. The summed E-state index contributed by atoms with van der Waals surface area (Å²) < 4.78 is 1.00. The first kappa shape index (κ1) is 23.0. The van der Waals surface area contributed by atoms with Gasteiger partial charge in [-0.05, 0) is 12.8 Å². The van der Waals surface area contributed by atoms with Crippen molar-refractivity contribution in [1.29, 1.82) is 0 Å². The predicted octanol–water partition coefficient (Wildman–Crippen LogP) is 5.55. The van der Waals surface area contributed by atoms with Crippen LogP contribution in [0.2, 0.25) is 0 Å². The average molecular weight is 336 g/mol. The number of hydrogen-bond donors (Lipinski definition) is 0. The fraction of sp³-hybridized carbons (Fsp3) is 0.727. The van der Waals surface area contributed by atoms with Crippen molar-refractivity contribution in [2.75, 3.05) is 28.2 Å². The predicted molar refractivity (Wildman–Crippen MR) is 105 cm³/mol. The number of hydrogen-bond acceptors (Lipinski definition) is 1. The van der Waals surface area contributed by atoms with Crippen LogP contribution in [0.15, 0.2) is 24.3 Å². The molecule has 0 radical (unpaired) electrons. The molecule has 2 nitrogen and oxygen atoms in total.